The van der Waals surface area contributed by atoms with Crippen LogP contribution in [-0.4, -0.2) is 89.7 Å². The summed E-state index contributed by atoms with van der Waals surface area (Å²) in [5.74, 6) is -2.79. The van der Waals surface area contributed by atoms with E-state index in [9.17, 15) is 18.3 Å². The minimum atomic E-state index is -3.27. The summed E-state index contributed by atoms with van der Waals surface area (Å²) in [6.07, 6.45) is 6.65. The molecular formula is C28H38F3N5O2. The summed E-state index contributed by atoms with van der Waals surface area (Å²) < 4.78 is 47.3. The van der Waals surface area contributed by atoms with E-state index in [2.05, 4.69) is 27.0 Å². The van der Waals surface area contributed by atoms with Gasteiger partial charge in [-0.1, -0.05) is 18.7 Å². The topological polar surface area (TPSA) is 76.7 Å². The predicted octanol–water partition coefficient (Wildman–Crippen LogP) is 4.10. The average Bonchev–Trinajstić information content (AvgIpc) is 3.37. The summed E-state index contributed by atoms with van der Waals surface area (Å²) in [5, 5.41) is 21.0. The largest absolute Gasteiger partial charge is 0.496 e. The Labute approximate surface area is 222 Å². The molecule has 0 saturated carbocycles. The van der Waals surface area contributed by atoms with Crippen LogP contribution >= 0.6 is 0 Å². The number of aromatic nitrogens is 2. The van der Waals surface area contributed by atoms with Crippen molar-refractivity contribution in [3.8, 4) is 0 Å². The second-order valence-corrected chi connectivity index (χ2v) is 10.2. The molecule has 1 saturated heterocycles. The summed E-state index contributed by atoms with van der Waals surface area (Å²) in [5.41, 5.74) is 4.19. The lowest BCUT2D eigenvalue weighted by atomic mass is 9.83. The fourth-order valence-electron chi connectivity index (χ4n) is 5.50. The molecule has 3 heterocycles. The number of aromatic amines is 1. The molecule has 0 radical (unpaired) electrons. The summed E-state index contributed by atoms with van der Waals surface area (Å²) in [4.78, 5) is 3.90. The van der Waals surface area contributed by atoms with Gasteiger partial charge in [-0.05, 0) is 43.9 Å². The van der Waals surface area contributed by atoms with Gasteiger partial charge in [0.15, 0.2) is 0 Å². The molecule has 7 nitrogen and oxygen atoms in total. The first kappa shape index (κ1) is 28.2. The van der Waals surface area contributed by atoms with Crippen molar-refractivity contribution in [1.29, 1.82) is 0 Å². The number of rotatable bonds is 12. The van der Waals surface area contributed by atoms with Gasteiger partial charge in [-0.15, -0.1) is 0 Å². The van der Waals surface area contributed by atoms with E-state index in [1.807, 2.05) is 38.1 Å². The third kappa shape index (κ3) is 5.92. The number of allylic oxidation sites excluding steroid dienone is 2. The minimum absolute atomic E-state index is 0.230. The number of aliphatic hydroxyl groups is 1. The molecule has 0 aliphatic carbocycles. The smallest absolute Gasteiger partial charge is 0.283 e. The lowest BCUT2D eigenvalue weighted by Crippen LogP contribution is -2.57. The number of likely N-dealkylation sites (tertiary alicyclic amines) is 1. The van der Waals surface area contributed by atoms with Crippen LogP contribution in [0.4, 0.5) is 13.2 Å². The SMILES string of the molecule is C=C(/C(=C\C(=C/C)NC1CN(CCCF)C1)OC)[C@@H]1c2ccc3[nH]ncc3c2C[C@@H](C)N1CC(F)(F)CO. The quantitative estimate of drug-likeness (QED) is 0.282. The Bertz CT molecular complexity index is 1190. The molecule has 2 aliphatic heterocycles. The normalized spacial score (nSPS) is 21.9. The van der Waals surface area contributed by atoms with Crippen LogP contribution in [0.5, 0.6) is 0 Å². The zero-order valence-electron chi connectivity index (χ0n) is 22.3. The van der Waals surface area contributed by atoms with E-state index in [4.69, 9.17) is 4.74 Å². The van der Waals surface area contributed by atoms with Crippen LogP contribution in [-0.2, 0) is 11.2 Å². The summed E-state index contributed by atoms with van der Waals surface area (Å²) in [6.45, 7) is 8.41. The number of nitrogens with zero attached hydrogens (tertiary/aromatic N) is 3. The van der Waals surface area contributed by atoms with Crippen LogP contribution < -0.4 is 5.32 Å². The zero-order chi connectivity index (χ0) is 27.4. The maximum absolute atomic E-state index is 14.5. The highest BCUT2D eigenvalue weighted by atomic mass is 19.3. The first-order valence-electron chi connectivity index (χ1n) is 13.1. The Morgan fingerprint density at radius 1 is 1.37 bits per heavy atom. The van der Waals surface area contributed by atoms with E-state index in [0.29, 0.717) is 24.2 Å². The van der Waals surface area contributed by atoms with Crippen LogP contribution in [0.15, 0.2) is 54.1 Å². The van der Waals surface area contributed by atoms with Gasteiger partial charge in [0.1, 0.15) is 12.4 Å². The molecule has 0 unspecified atom stereocenters. The van der Waals surface area contributed by atoms with E-state index in [1.54, 1.807) is 18.2 Å². The Balaban J connectivity index is 1.64. The van der Waals surface area contributed by atoms with E-state index in [1.165, 1.54) is 0 Å². The van der Waals surface area contributed by atoms with Crippen molar-refractivity contribution >= 4 is 10.9 Å². The van der Waals surface area contributed by atoms with Gasteiger partial charge in [0.2, 0.25) is 0 Å². The van der Waals surface area contributed by atoms with E-state index >= 15 is 0 Å². The van der Waals surface area contributed by atoms with E-state index in [-0.39, 0.29) is 18.8 Å². The molecule has 3 N–H and O–H groups in total. The maximum atomic E-state index is 14.5. The van der Waals surface area contributed by atoms with Crippen molar-refractivity contribution in [3.63, 3.8) is 0 Å². The van der Waals surface area contributed by atoms with Crippen molar-refractivity contribution in [2.45, 2.75) is 50.7 Å². The fraction of sp³-hybridized carbons (Fsp3) is 0.536. The second kappa shape index (κ2) is 11.9. The predicted molar refractivity (Wildman–Crippen MR) is 143 cm³/mol. The first-order chi connectivity index (χ1) is 18.2. The molecule has 4 rings (SSSR count). The Morgan fingerprint density at radius 2 is 2.13 bits per heavy atom. The number of alkyl halides is 3. The fourth-order valence-corrected chi connectivity index (χ4v) is 5.50. The average molecular weight is 534 g/mol. The van der Waals surface area contributed by atoms with Gasteiger partial charge < -0.3 is 15.2 Å². The number of nitrogens with one attached hydrogen (secondary N) is 2. The Hall–Kier alpha value is -2.82. The van der Waals surface area contributed by atoms with Crippen molar-refractivity contribution in [2.24, 2.45) is 0 Å². The third-order valence-electron chi connectivity index (χ3n) is 7.51. The van der Waals surface area contributed by atoms with Gasteiger partial charge in [0, 0.05) is 48.4 Å². The lowest BCUT2D eigenvalue weighted by molar-refractivity contribution is -0.0866. The van der Waals surface area contributed by atoms with Crippen LogP contribution in [0.3, 0.4) is 0 Å². The van der Waals surface area contributed by atoms with Crippen LogP contribution in [0.2, 0.25) is 0 Å². The maximum Gasteiger partial charge on any atom is 0.283 e. The number of fused-ring (bicyclic) bond motifs is 3. The van der Waals surface area contributed by atoms with Crippen molar-refractivity contribution in [3.05, 3.63) is 65.2 Å². The van der Waals surface area contributed by atoms with Gasteiger partial charge in [-0.2, -0.15) is 5.10 Å². The molecular weight excluding hydrogens is 495 g/mol. The Kier molecular flexibility index (Phi) is 8.85. The minimum Gasteiger partial charge on any atom is -0.496 e. The number of halogens is 3. The van der Waals surface area contributed by atoms with Crippen molar-refractivity contribution in [2.75, 3.05) is 46.6 Å². The van der Waals surface area contributed by atoms with Gasteiger partial charge >= 0.3 is 0 Å². The Morgan fingerprint density at radius 3 is 2.79 bits per heavy atom. The molecule has 0 bridgehead atoms. The molecule has 208 valence electrons. The summed E-state index contributed by atoms with van der Waals surface area (Å²) in [6, 6.07) is 3.23. The van der Waals surface area contributed by atoms with Crippen LogP contribution in [0.25, 0.3) is 10.9 Å². The molecule has 0 spiro atoms. The molecule has 1 aromatic heterocycles. The third-order valence-corrected chi connectivity index (χ3v) is 7.51. The molecule has 2 aliphatic rings. The van der Waals surface area contributed by atoms with Crippen LogP contribution in [0, 0.1) is 0 Å². The standard InChI is InChI=1S/C28H38F3N5O2/c1-5-20(33-21-14-35(15-21)10-6-9-29)12-26(38-4)19(3)27-22-7-8-25-24(13-32-34-25)23(22)11-18(2)36(27)16-28(30,31)17-37/h5,7-8,12-13,18,21,27,33,37H,3,6,9-11,14-17H2,1-2,4H3,(H,32,34)/b20-5+,26-12+/t18-,27-/m1/s1. The first-order valence-corrected chi connectivity index (χ1v) is 13.1. The molecule has 10 heteroatoms. The van der Waals surface area contributed by atoms with Crippen LogP contribution in [0.1, 0.15) is 37.4 Å². The highest BCUT2D eigenvalue weighted by Gasteiger charge is 2.42. The number of benzene rings is 1. The second-order valence-electron chi connectivity index (χ2n) is 10.2. The zero-order valence-corrected chi connectivity index (χ0v) is 22.3. The van der Waals surface area contributed by atoms with E-state index in [0.717, 1.165) is 47.4 Å². The number of methoxy groups -OCH3 is 1. The van der Waals surface area contributed by atoms with Crippen molar-refractivity contribution < 1.29 is 23.0 Å². The monoisotopic (exact) mass is 533 g/mol. The van der Waals surface area contributed by atoms with E-state index < -0.39 is 25.1 Å². The number of ether oxygens (including phenoxy) is 1. The number of hydrogen-bond acceptors (Lipinski definition) is 6. The lowest BCUT2D eigenvalue weighted by Gasteiger charge is -2.44. The molecule has 1 fully saturated rings. The van der Waals surface area contributed by atoms with Gasteiger partial charge in [0.25, 0.3) is 5.92 Å². The molecule has 2 atom stereocenters. The van der Waals surface area contributed by atoms with Gasteiger partial charge in [-0.3, -0.25) is 19.3 Å². The highest BCUT2D eigenvalue weighted by molar-refractivity contribution is 5.83. The molecule has 1 aromatic carbocycles. The summed E-state index contributed by atoms with van der Waals surface area (Å²) >= 11 is 0. The molecule has 0 amide bonds. The van der Waals surface area contributed by atoms with Gasteiger partial charge in [-0.25, -0.2) is 8.78 Å². The number of hydrogen-bond donors (Lipinski definition) is 3. The number of H-pyrrole nitrogens is 1. The molecule has 2 aromatic rings. The highest BCUT2D eigenvalue weighted by Crippen LogP contribution is 2.43. The summed E-state index contributed by atoms with van der Waals surface area (Å²) in [7, 11) is 1.55. The molecule has 38 heavy (non-hydrogen) atoms. The number of aliphatic hydroxyl groups excluding tert-OH is 1. The van der Waals surface area contributed by atoms with Gasteiger partial charge in [0.05, 0.1) is 44.1 Å². The van der Waals surface area contributed by atoms with Crippen molar-refractivity contribution in [1.82, 2.24) is 25.3 Å².